The largest absolute Gasteiger partial charge is 0.484 e. The molecule has 0 radical (unpaired) electrons. The van der Waals surface area contributed by atoms with E-state index in [0.29, 0.717) is 24.9 Å². The van der Waals surface area contributed by atoms with Crippen molar-refractivity contribution in [3.8, 4) is 5.75 Å². The van der Waals surface area contributed by atoms with Crippen LogP contribution in [0.1, 0.15) is 36.0 Å². The van der Waals surface area contributed by atoms with Gasteiger partial charge in [0.05, 0.1) is 4.47 Å². The molecule has 2 N–H and O–H groups in total. The van der Waals surface area contributed by atoms with Crippen molar-refractivity contribution in [3.05, 3.63) is 40.0 Å². The van der Waals surface area contributed by atoms with Gasteiger partial charge in [0.2, 0.25) is 11.7 Å². The summed E-state index contributed by atoms with van der Waals surface area (Å²) in [5.74, 6) is 2.59. The van der Waals surface area contributed by atoms with Gasteiger partial charge in [-0.2, -0.15) is 4.98 Å². The summed E-state index contributed by atoms with van der Waals surface area (Å²) in [6, 6.07) is 5.93. The van der Waals surface area contributed by atoms with Gasteiger partial charge in [-0.15, -0.1) is 0 Å². The summed E-state index contributed by atoms with van der Waals surface area (Å²) in [5, 5.41) is 3.95. The smallest absolute Gasteiger partial charge is 0.229 e. The van der Waals surface area contributed by atoms with E-state index in [1.807, 2.05) is 18.2 Å². The Bertz CT molecular complexity index is 596. The first-order valence-electron chi connectivity index (χ1n) is 6.70. The van der Waals surface area contributed by atoms with Crippen molar-refractivity contribution in [2.75, 3.05) is 6.54 Å². The molecule has 20 heavy (non-hydrogen) atoms. The second-order valence-electron chi connectivity index (χ2n) is 4.88. The van der Waals surface area contributed by atoms with Crippen LogP contribution in [0.5, 0.6) is 5.75 Å². The van der Waals surface area contributed by atoms with Crippen LogP contribution in [0.15, 0.2) is 27.2 Å². The number of benzene rings is 1. The predicted molar refractivity (Wildman–Crippen MR) is 77.5 cm³/mol. The number of ether oxygens (including phenoxy) is 1. The third-order valence-corrected chi connectivity index (χ3v) is 3.84. The molecule has 1 aliphatic carbocycles. The van der Waals surface area contributed by atoms with E-state index in [0.717, 1.165) is 40.9 Å². The van der Waals surface area contributed by atoms with E-state index >= 15 is 0 Å². The zero-order valence-corrected chi connectivity index (χ0v) is 12.6. The average molecular weight is 338 g/mol. The first-order chi connectivity index (χ1) is 9.78. The van der Waals surface area contributed by atoms with Crippen LogP contribution >= 0.6 is 15.9 Å². The minimum absolute atomic E-state index is 0.302. The van der Waals surface area contributed by atoms with E-state index in [1.54, 1.807) is 0 Å². The molecule has 5 nitrogen and oxygen atoms in total. The summed E-state index contributed by atoms with van der Waals surface area (Å²) in [6.45, 7) is 0.886. The van der Waals surface area contributed by atoms with Crippen LogP contribution in [0, 0.1) is 0 Å². The standard InChI is InChI=1S/C14H16BrN3O2/c15-11-3-1-2-9(6-7-16)13(11)19-8-12-17-14(20-18-12)10-4-5-10/h1-3,10H,4-8,16H2. The van der Waals surface area contributed by atoms with Gasteiger partial charge in [-0.3, -0.25) is 0 Å². The molecule has 0 spiro atoms. The van der Waals surface area contributed by atoms with Gasteiger partial charge in [-0.1, -0.05) is 17.3 Å². The van der Waals surface area contributed by atoms with Gasteiger partial charge in [0.1, 0.15) is 5.75 Å². The van der Waals surface area contributed by atoms with Crippen LogP contribution in [0.3, 0.4) is 0 Å². The number of nitrogens with two attached hydrogens (primary N) is 1. The van der Waals surface area contributed by atoms with Gasteiger partial charge in [0, 0.05) is 5.92 Å². The fraction of sp³-hybridized carbons (Fsp3) is 0.429. The van der Waals surface area contributed by atoms with Crippen LogP contribution in [0.4, 0.5) is 0 Å². The second kappa shape index (κ2) is 5.93. The molecule has 3 rings (SSSR count). The molecule has 0 saturated heterocycles. The molecule has 0 bridgehead atoms. The van der Waals surface area contributed by atoms with Crippen molar-refractivity contribution in [3.63, 3.8) is 0 Å². The predicted octanol–water partition coefficient (Wildman–Crippen LogP) is 2.79. The molecule has 1 aliphatic rings. The molecule has 106 valence electrons. The highest BCUT2D eigenvalue weighted by atomic mass is 79.9. The van der Waals surface area contributed by atoms with E-state index in [2.05, 4.69) is 26.1 Å². The molecule has 1 aromatic heterocycles. The maximum Gasteiger partial charge on any atom is 0.229 e. The Morgan fingerprint density at radius 3 is 3.00 bits per heavy atom. The molecule has 1 fully saturated rings. The molecule has 1 saturated carbocycles. The third kappa shape index (κ3) is 3.02. The zero-order valence-electron chi connectivity index (χ0n) is 11.0. The summed E-state index contributed by atoms with van der Waals surface area (Å²) in [4.78, 5) is 4.35. The van der Waals surface area contributed by atoms with Crippen LogP contribution in [-0.4, -0.2) is 16.7 Å². The minimum Gasteiger partial charge on any atom is -0.484 e. The number of para-hydroxylation sites is 1. The Hall–Kier alpha value is -1.40. The highest BCUT2D eigenvalue weighted by Gasteiger charge is 2.29. The molecule has 1 heterocycles. The number of rotatable bonds is 6. The molecule has 0 amide bonds. The number of halogens is 1. The molecule has 6 heteroatoms. The van der Waals surface area contributed by atoms with Crippen molar-refractivity contribution in [2.24, 2.45) is 5.73 Å². The van der Waals surface area contributed by atoms with Gasteiger partial charge < -0.3 is 15.0 Å². The lowest BCUT2D eigenvalue weighted by atomic mass is 10.1. The molecule has 0 unspecified atom stereocenters. The van der Waals surface area contributed by atoms with Crippen LogP contribution in [0.25, 0.3) is 0 Å². The van der Waals surface area contributed by atoms with Crippen LogP contribution in [0.2, 0.25) is 0 Å². The molecule has 2 aromatic rings. The third-order valence-electron chi connectivity index (χ3n) is 3.22. The first kappa shape index (κ1) is 13.6. The van der Waals surface area contributed by atoms with E-state index in [-0.39, 0.29) is 0 Å². The Balaban J connectivity index is 1.70. The topological polar surface area (TPSA) is 74.2 Å². The SMILES string of the molecule is NCCc1cccc(Br)c1OCc1noc(C2CC2)n1. The van der Waals surface area contributed by atoms with Crippen molar-refractivity contribution < 1.29 is 9.26 Å². The van der Waals surface area contributed by atoms with Gasteiger partial charge in [0.25, 0.3) is 0 Å². The van der Waals surface area contributed by atoms with E-state index in [4.69, 9.17) is 15.0 Å². The van der Waals surface area contributed by atoms with Crippen molar-refractivity contribution in [1.29, 1.82) is 0 Å². The van der Waals surface area contributed by atoms with Crippen molar-refractivity contribution in [2.45, 2.75) is 31.8 Å². The number of hydrogen-bond donors (Lipinski definition) is 1. The van der Waals surface area contributed by atoms with E-state index in [9.17, 15) is 0 Å². The second-order valence-corrected chi connectivity index (χ2v) is 5.73. The molecule has 1 aromatic carbocycles. The number of hydrogen-bond acceptors (Lipinski definition) is 5. The maximum atomic E-state index is 5.83. The fourth-order valence-electron chi connectivity index (χ4n) is 2.03. The lowest BCUT2D eigenvalue weighted by molar-refractivity contribution is 0.281. The van der Waals surface area contributed by atoms with Gasteiger partial charge in [-0.05, 0) is 53.4 Å². The maximum absolute atomic E-state index is 5.83. The van der Waals surface area contributed by atoms with Crippen molar-refractivity contribution >= 4 is 15.9 Å². The number of aromatic nitrogens is 2. The molecule has 0 aliphatic heterocycles. The van der Waals surface area contributed by atoms with Gasteiger partial charge >= 0.3 is 0 Å². The normalized spacial score (nSPS) is 14.5. The molecular formula is C14H16BrN3O2. The quantitative estimate of drug-likeness (QED) is 0.877. The zero-order chi connectivity index (χ0) is 13.9. The van der Waals surface area contributed by atoms with Crippen LogP contribution in [-0.2, 0) is 13.0 Å². The Labute approximate surface area is 125 Å². The lowest BCUT2D eigenvalue weighted by Crippen LogP contribution is -2.06. The van der Waals surface area contributed by atoms with E-state index in [1.165, 1.54) is 0 Å². The summed E-state index contributed by atoms with van der Waals surface area (Å²) in [7, 11) is 0. The summed E-state index contributed by atoms with van der Waals surface area (Å²) < 4.78 is 12.0. The Morgan fingerprint density at radius 2 is 2.25 bits per heavy atom. The number of nitrogens with zero attached hydrogens (tertiary/aromatic N) is 2. The van der Waals surface area contributed by atoms with Gasteiger partial charge in [0.15, 0.2) is 6.61 Å². The first-order valence-corrected chi connectivity index (χ1v) is 7.50. The monoisotopic (exact) mass is 337 g/mol. The Kier molecular flexibility index (Phi) is 4.03. The lowest BCUT2D eigenvalue weighted by Gasteiger charge is -2.11. The minimum atomic E-state index is 0.302. The fourth-order valence-corrected chi connectivity index (χ4v) is 2.55. The van der Waals surface area contributed by atoms with E-state index < -0.39 is 0 Å². The highest BCUT2D eigenvalue weighted by molar-refractivity contribution is 9.10. The Morgan fingerprint density at radius 1 is 1.40 bits per heavy atom. The van der Waals surface area contributed by atoms with Crippen molar-refractivity contribution in [1.82, 2.24) is 10.1 Å². The molecule has 0 atom stereocenters. The summed E-state index contributed by atoms with van der Waals surface area (Å²) in [5.41, 5.74) is 6.70. The van der Waals surface area contributed by atoms with Crippen LogP contribution < -0.4 is 10.5 Å². The summed E-state index contributed by atoms with van der Waals surface area (Å²) in [6.07, 6.45) is 3.06. The highest BCUT2D eigenvalue weighted by Crippen LogP contribution is 2.39. The molecular weight excluding hydrogens is 322 g/mol. The average Bonchev–Trinajstić information content (AvgIpc) is 3.18. The van der Waals surface area contributed by atoms with Gasteiger partial charge in [-0.25, -0.2) is 0 Å². The summed E-state index contributed by atoms with van der Waals surface area (Å²) >= 11 is 3.50.